The Labute approximate surface area is 60.6 Å². The van der Waals surface area contributed by atoms with E-state index in [1.54, 1.807) is 0 Å². The Kier molecular flexibility index (Phi) is 2.42. The van der Waals surface area contributed by atoms with E-state index in [1.807, 2.05) is 6.08 Å². The van der Waals surface area contributed by atoms with Gasteiger partial charge in [0.15, 0.2) is 0 Å². The Morgan fingerprint density at radius 1 is 1.60 bits per heavy atom. The molecule has 0 saturated carbocycles. The Hall–Kier alpha value is -0.860. The van der Waals surface area contributed by atoms with Crippen LogP contribution in [0.4, 0.5) is 0 Å². The van der Waals surface area contributed by atoms with Crippen LogP contribution in [0.15, 0.2) is 16.9 Å². The van der Waals surface area contributed by atoms with E-state index >= 15 is 0 Å². The van der Waals surface area contributed by atoms with Crippen molar-refractivity contribution < 1.29 is 4.86 Å². The topological polar surface area (TPSA) is 38.4 Å². The molecule has 0 amide bonds. The number of allylic oxidation sites excluding steroid dienone is 2. The fourth-order valence-corrected chi connectivity index (χ4v) is 1.12. The van der Waals surface area contributed by atoms with E-state index in [1.165, 1.54) is 13.5 Å². The Bertz CT molecular complexity index is 172. The van der Waals surface area contributed by atoms with E-state index in [0.29, 0.717) is 0 Å². The zero-order valence-electron chi connectivity index (χ0n) is 6.21. The fourth-order valence-electron chi connectivity index (χ4n) is 1.12. The van der Waals surface area contributed by atoms with Crippen LogP contribution in [0, 0.1) is 5.21 Å². The van der Waals surface area contributed by atoms with E-state index in [9.17, 15) is 5.21 Å². The average molecular weight is 140 g/mol. The lowest BCUT2D eigenvalue weighted by molar-refractivity contribution is -0.480. The van der Waals surface area contributed by atoms with Gasteiger partial charge >= 0.3 is 0 Å². The molecule has 0 aliphatic heterocycles. The number of hydrogen-bond donors (Lipinski definition) is 0. The van der Waals surface area contributed by atoms with E-state index in [2.05, 4.69) is 5.11 Å². The largest absolute Gasteiger partial charge is 0.595 e. The Balaban J connectivity index is 2.62. The van der Waals surface area contributed by atoms with Crippen LogP contribution >= 0.6 is 0 Å². The summed E-state index contributed by atoms with van der Waals surface area (Å²) in [5.41, 5.74) is 0.828. The summed E-state index contributed by atoms with van der Waals surface area (Å²) in [6, 6.07) is 0. The minimum Gasteiger partial charge on any atom is -0.595 e. The third-order valence-corrected chi connectivity index (χ3v) is 1.69. The predicted molar refractivity (Wildman–Crippen MR) is 38.5 cm³/mol. The van der Waals surface area contributed by atoms with Crippen molar-refractivity contribution in [1.82, 2.24) is 0 Å². The van der Waals surface area contributed by atoms with Crippen LogP contribution in [-0.2, 0) is 0 Å². The molecule has 0 saturated heterocycles. The standard InChI is InChI=1S/C7H12N2O/c1-8-9(10)7-5-3-2-4-6-7/h5H,2-4,6H2,1H3. The predicted octanol–water partition coefficient (Wildman–Crippen LogP) is 2.04. The molecule has 0 N–H and O–H groups in total. The van der Waals surface area contributed by atoms with E-state index in [-0.39, 0.29) is 0 Å². The number of hydrogen-bond acceptors (Lipinski definition) is 2. The maximum atomic E-state index is 10.8. The molecule has 56 valence electrons. The first-order valence-electron chi connectivity index (χ1n) is 3.60. The van der Waals surface area contributed by atoms with Gasteiger partial charge in [0.25, 0.3) is 0 Å². The summed E-state index contributed by atoms with van der Waals surface area (Å²) >= 11 is 0. The molecule has 0 fully saturated rings. The highest BCUT2D eigenvalue weighted by Crippen LogP contribution is 2.17. The highest BCUT2D eigenvalue weighted by Gasteiger charge is 2.10. The van der Waals surface area contributed by atoms with E-state index < -0.39 is 0 Å². The lowest BCUT2D eigenvalue weighted by atomic mass is 10.1. The van der Waals surface area contributed by atoms with Gasteiger partial charge in [0, 0.05) is 6.42 Å². The summed E-state index contributed by atoms with van der Waals surface area (Å²) in [6.45, 7) is 0. The van der Waals surface area contributed by atoms with Crippen molar-refractivity contribution in [2.24, 2.45) is 5.11 Å². The molecule has 0 aromatic heterocycles. The summed E-state index contributed by atoms with van der Waals surface area (Å²) < 4.78 is 0. The van der Waals surface area contributed by atoms with Gasteiger partial charge < -0.3 is 5.21 Å². The van der Waals surface area contributed by atoms with Gasteiger partial charge in [0.1, 0.15) is 0 Å². The van der Waals surface area contributed by atoms with Gasteiger partial charge in [-0.1, -0.05) is 4.86 Å². The lowest BCUT2D eigenvalue weighted by Gasteiger charge is -2.07. The molecule has 10 heavy (non-hydrogen) atoms. The quantitative estimate of drug-likeness (QED) is 0.312. The molecule has 0 unspecified atom stereocenters. The molecule has 0 bridgehead atoms. The first-order chi connectivity index (χ1) is 4.84. The van der Waals surface area contributed by atoms with Crippen molar-refractivity contribution in [1.29, 1.82) is 0 Å². The molecule has 0 spiro atoms. The van der Waals surface area contributed by atoms with Crippen molar-refractivity contribution in [3.8, 4) is 0 Å². The van der Waals surface area contributed by atoms with Crippen molar-refractivity contribution >= 4 is 0 Å². The maximum Gasteiger partial charge on any atom is 0.217 e. The monoisotopic (exact) mass is 140 g/mol. The Morgan fingerprint density at radius 3 is 2.90 bits per heavy atom. The lowest BCUT2D eigenvalue weighted by Crippen LogP contribution is -2.03. The first kappa shape index (κ1) is 7.25. The van der Waals surface area contributed by atoms with Crippen LogP contribution in [-0.4, -0.2) is 11.9 Å². The van der Waals surface area contributed by atoms with Gasteiger partial charge in [0.05, 0.1) is 7.05 Å². The molecule has 0 aromatic rings. The fraction of sp³-hybridized carbons (Fsp3) is 0.714. The van der Waals surface area contributed by atoms with Crippen molar-refractivity contribution in [2.75, 3.05) is 7.05 Å². The Morgan fingerprint density at radius 2 is 2.40 bits per heavy atom. The van der Waals surface area contributed by atoms with Gasteiger partial charge in [-0.3, -0.25) is 0 Å². The molecule has 3 nitrogen and oxygen atoms in total. The van der Waals surface area contributed by atoms with Crippen LogP contribution in [0.2, 0.25) is 0 Å². The summed E-state index contributed by atoms with van der Waals surface area (Å²) in [6.07, 6.45) is 6.23. The van der Waals surface area contributed by atoms with Crippen LogP contribution in [0.25, 0.3) is 0 Å². The minimum absolute atomic E-state index is 0.721. The van der Waals surface area contributed by atoms with E-state index in [4.69, 9.17) is 0 Å². The van der Waals surface area contributed by atoms with Crippen molar-refractivity contribution in [2.45, 2.75) is 25.7 Å². The van der Waals surface area contributed by atoms with Crippen molar-refractivity contribution in [3.63, 3.8) is 0 Å². The van der Waals surface area contributed by atoms with E-state index in [0.717, 1.165) is 29.8 Å². The second-order valence-corrected chi connectivity index (χ2v) is 2.41. The molecule has 1 aliphatic rings. The minimum atomic E-state index is 0.721. The summed E-state index contributed by atoms with van der Waals surface area (Å²) in [5.74, 6) is 0. The second-order valence-electron chi connectivity index (χ2n) is 2.41. The highest BCUT2D eigenvalue weighted by atomic mass is 16.5. The zero-order valence-corrected chi connectivity index (χ0v) is 6.21. The molecule has 0 radical (unpaired) electrons. The van der Waals surface area contributed by atoms with Crippen LogP contribution in [0.3, 0.4) is 0 Å². The second kappa shape index (κ2) is 3.34. The molecule has 0 heterocycles. The number of azo groups is 1. The van der Waals surface area contributed by atoms with Crippen LogP contribution < -0.4 is 0 Å². The number of nitrogens with zero attached hydrogens (tertiary/aromatic N) is 2. The number of hydroxylamine groups is 1. The van der Waals surface area contributed by atoms with Gasteiger partial charge in [-0.25, -0.2) is 0 Å². The molecular formula is C7H12N2O. The van der Waals surface area contributed by atoms with Crippen LogP contribution in [0.5, 0.6) is 0 Å². The van der Waals surface area contributed by atoms with Crippen LogP contribution in [0.1, 0.15) is 25.7 Å². The average Bonchev–Trinajstić information content (AvgIpc) is 2.05. The molecular weight excluding hydrogens is 128 g/mol. The van der Waals surface area contributed by atoms with Crippen molar-refractivity contribution in [3.05, 3.63) is 17.0 Å². The third kappa shape index (κ3) is 1.56. The molecule has 1 aliphatic carbocycles. The first-order valence-corrected chi connectivity index (χ1v) is 3.60. The van der Waals surface area contributed by atoms with Gasteiger partial charge in [-0.2, -0.15) is 0 Å². The van der Waals surface area contributed by atoms with Gasteiger partial charge in [0.2, 0.25) is 5.70 Å². The molecule has 0 atom stereocenters. The summed E-state index contributed by atoms with van der Waals surface area (Å²) in [4.78, 5) is 0.721. The molecule has 0 aromatic carbocycles. The van der Waals surface area contributed by atoms with Gasteiger partial charge in [-0.15, -0.1) is 0 Å². The molecule has 1 rings (SSSR count). The maximum absolute atomic E-state index is 10.8. The normalized spacial score (nSPS) is 20.5. The zero-order chi connectivity index (χ0) is 7.40. The number of rotatable bonds is 1. The smallest absolute Gasteiger partial charge is 0.217 e. The van der Waals surface area contributed by atoms with Gasteiger partial charge in [-0.05, 0) is 30.5 Å². The third-order valence-electron chi connectivity index (χ3n) is 1.69. The summed E-state index contributed by atoms with van der Waals surface area (Å²) in [7, 11) is 1.52. The summed E-state index contributed by atoms with van der Waals surface area (Å²) in [5, 5.41) is 14.4. The SMILES string of the molecule is CN=[N+]([O-])C1=CCCCC1. The highest BCUT2D eigenvalue weighted by molar-refractivity contribution is 4.94. The molecule has 3 heteroatoms.